The van der Waals surface area contributed by atoms with E-state index in [2.05, 4.69) is 15.4 Å². The van der Waals surface area contributed by atoms with Gasteiger partial charge in [-0.05, 0) is 73.6 Å². The molecule has 0 radical (unpaired) electrons. The Morgan fingerprint density at radius 3 is 2.34 bits per heavy atom. The van der Waals surface area contributed by atoms with Crippen molar-refractivity contribution in [3.8, 4) is 0 Å². The third-order valence-corrected chi connectivity index (χ3v) is 7.69. The van der Waals surface area contributed by atoms with Gasteiger partial charge in [-0.15, -0.1) is 0 Å². The molecule has 0 atom stereocenters. The van der Waals surface area contributed by atoms with Gasteiger partial charge in [0.25, 0.3) is 15.9 Å². The zero-order valence-electron chi connectivity index (χ0n) is 19.7. The molecule has 1 fully saturated rings. The van der Waals surface area contributed by atoms with Crippen LogP contribution in [-0.2, 0) is 16.2 Å². The van der Waals surface area contributed by atoms with Crippen molar-refractivity contribution in [1.29, 1.82) is 0 Å². The SMILES string of the molecule is O=C(NC(=S)Nc1ccc(N2CCCC2)c(S(=O)(=O)Nc2cccc(C(F)(F)F)c2)c1)c1ccccc1Cl. The fraction of sp³-hybridized carbons (Fsp3) is 0.200. The summed E-state index contributed by atoms with van der Waals surface area (Å²) in [4.78, 5) is 14.2. The summed E-state index contributed by atoms with van der Waals surface area (Å²) in [6.45, 7) is 1.26. The minimum Gasteiger partial charge on any atom is -0.370 e. The number of benzene rings is 3. The fourth-order valence-corrected chi connectivity index (χ4v) is 5.71. The Labute approximate surface area is 228 Å². The molecule has 0 spiro atoms. The lowest BCUT2D eigenvalue weighted by molar-refractivity contribution is -0.137. The zero-order valence-corrected chi connectivity index (χ0v) is 22.1. The maximum atomic E-state index is 13.4. The molecule has 0 aliphatic carbocycles. The number of sulfonamides is 1. The van der Waals surface area contributed by atoms with Gasteiger partial charge >= 0.3 is 6.18 Å². The molecule has 3 aromatic rings. The van der Waals surface area contributed by atoms with Gasteiger partial charge in [0, 0.05) is 24.5 Å². The fourth-order valence-electron chi connectivity index (χ4n) is 3.97. The molecule has 0 unspecified atom stereocenters. The van der Waals surface area contributed by atoms with Crippen molar-refractivity contribution < 1.29 is 26.4 Å². The molecule has 1 aliphatic rings. The minimum absolute atomic E-state index is 0.0990. The molecule has 1 aliphatic heterocycles. The van der Waals surface area contributed by atoms with Gasteiger partial charge in [0.2, 0.25) is 0 Å². The van der Waals surface area contributed by atoms with Crippen molar-refractivity contribution in [1.82, 2.24) is 5.32 Å². The number of hydrogen-bond donors (Lipinski definition) is 3. The monoisotopic (exact) mass is 582 g/mol. The first kappa shape index (κ1) is 27.7. The largest absolute Gasteiger partial charge is 0.416 e. The number of thiocarbonyl (C=S) groups is 1. The van der Waals surface area contributed by atoms with Crippen molar-refractivity contribution >= 4 is 61.9 Å². The lowest BCUT2D eigenvalue weighted by Crippen LogP contribution is -2.34. The van der Waals surface area contributed by atoms with Crippen molar-refractivity contribution in [2.45, 2.75) is 23.9 Å². The summed E-state index contributed by atoms with van der Waals surface area (Å²) in [7, 11) is -4.32. The number of alkyl halides is 3. The highest BCUT2D eigenvalue weighted by atomic mass is 35.5. The Morgan fingerprint density at radius 2 is 1.66 bits per heavy atom. The van der Waals surface area contributed by atoms with Crippen LogP contribution >= 0.6 is 23.8 Å². The minimum atomic E-state index is -4.63. The highest BCUT2D eigenvalue weighted by Gasteiger charge is 2.31. The number of hydrogen-bond acceptors (Lipinski definition) is 5. The van der Waals surface area contributed by atoms with Crippen LogP contribution in [0.4, 0.5) is 30.2 Å². The Bertz CT molecular complexity index is 1480. The van der Waals surface area contributed by atoms with E-state index in [1.165, 1.54) is 18.2 Å². The number of halogens is 4. The molecule has 3 N–H and O–H groups in total. The van der Waals surface area contributed by atoms with Crippen LogP contribution < -0.4 is 20.3 Å². The second-order valence-electron chi connectivity index (χ2n) is 8.45. The van der Waals surface area contributed by atoms with Gasteiger partial charge in [-0.2, -0.15) is 13.2 Å². The lowest BCUT2D eigenvalue weighted by Gasteiger charge is -2.23. The summed E-state index contributed by atoms with van der Waals surface area (Å²) in [5, 5.41) is 5.40. The van der Waals surface area contributed by atoms with E-state index in [0.29, 0.717) is 18.8 Å². The van der Waals surface area contributed by atoms with E-state index >= 15 is 0 Å². The molecule has 7 nitrogen and oxygen atoms in total. The first-order chi connectivity index (χ1) is 17.9. The predicted octanol–water partition coefficient (Wildman–Crippen LogP) is 5.89. The van der Waals surface area contributed by atoms with Gasteiger partial charge in [0.15, 0.2) is 5.11 Å². The van der Waals surface area contributed by atoms with Crippen LogP contribution in [0.15, 0.2) is 71.6 Å². The van der Waals surface area contributed by atoms with Gasteiger partial charge in [0.05, 0.1) is 21.8 Å². The topological polar surface area (TPSA) is 90.5 Å². The maximum absolute atomic E-state index is 13.4. The van der Waals surface area contributed by atoms with Crippen LogP contribution in [0.1, 0.15) is 28.8 Å². The van der Waals surface area contributed by atoms with E-state index in [1.807, 2.05) is 4.90 Å². The number of rotatable bonds is 6. The second-order valence-corrected chi connectivity index (χ2v) is 10.9. The van der Waals surface area contributed by atoms with Gasteiger partial charge < -0.3 is 10.2 Å². The summed E-state index contributed by atoms with van der Waals surface area (Å²) < 4.78 is 68.5. The van der Waals surface area contributed by atoms with Crippen LogP contribution in [-0.4, -0.2) is 32.5 Å². The highest BCUT2D eigenvalue weighted by molar-refractivity contribution is 7.93. The molecule has 1 amide bonds. The maximum Gasteiger partial charge on any atom is 0.416 e. The van der Waals surface area contributed by atoms with Crippen LogP contribution in [0.2, 0.25) is 5.02 Å². The molecule has 38 heavy (non-hydrogen) atoms. The van der Waals surface area contributed by atoms with Crippen molar-refractivity contribution in [3.63, 3.8) is 0 Å². The summed E-state index contributed by atoms with van der Waals surface area (Å²) in [6.07, 6.45) is -2.88. The molecule has 3 aromatic carbocycles. The molecule has 13 heteroatoms. The predicted molar refractivity (Wildman–Crippen MR) is 145 cm³/mol. The summed E-state index contributed by atoms with van der Waals surface area (Å²) in [6, 6.07) is 14.9. The number of nitrogens with zero attached hydrogens (tertiary/aromatic N) is 1. The smallest absolute Gasteiger partial charge is 0.370 e. The molecule has 0 aromatic heterocycles. The van der Waals surface area contributed by atoms with E-state index in [9.17, 15) is 26.4 Å². The summed E-state index contributed by atoms with van der Waals surface area (Å²) in [5.41, 5.74) is -0.350. The number of anilines is 3. The van der Waals surface area contributed by atoms with E-state index < -0.39 is 27.7 Å². The van der Waals surface area contributed by atoms with E-state index in [4.69, 9.17) is 23.8 Å². The zero-order chi connectivity index (χ0) is 27.5. The van der Waals surface area contributed by atoms with Crippen LogP contribution in [0.25, 0.3) is 0 Å². The number of nitrogens with one attached hydrogen (secondary N) is 3. The van der Waals surface area contributed by atoms with E-state index in [0.717, 1.165) is 31.0 Å². The quantitative estimate of drug-likeness (QED) is 0.314. The summed E-state index contributed by atoms with van der Waals surface area (Å²) in [5.74, 6) is -0.555. The third kappa shape index (κ3) is 6.55. The van der Waals surface area contributed by atoms with Crippen molar-refractivity contribution in [2.75, 3.05) is 28.0 Å². The van der Waals surface area contributed by atoms with Gasteiger partial charge in [-0.1, -0.05) is 29.8 Å². The summed E-state index contributed by atoms with van der Waals surface area (Å²) >= 11 is 11.3. The van der Waals surface area contributed by atoms with Crippen LogP contribution in [0.3, 0.4) is 0 Å². The average molecular weight is 583 g/mol. The first-order valence-electron chi connectivity index (χ1n) is 11.4. The average Bonchev–Trinajstić information content (AvgIpc) is 3.38. The molecular formula is C25H22ClF3N4O3S2. The molecule has 1 saturated heterocycles. The highest BCUT2D eigenvalue weighted by Crippen LogP contribution is 2.34. The van der Waals surface area contributed by atoms with E-state index in [1.54, 1.807) is 30.3 Å². The van der Waals surface area contributed by atoms with Gasteiger partial charge in [-0.3, -0.25) is 14.8 Å². The molecule has 0 saturated carbocycles. The normalized spacial score (nSPS) is 13.7. The molecule has 1 heterocycles. The molecule has 4 rings (SSSR count). The van der Waals surface area contributed by atoms with Crippen molar-refractivity contribution in [3.05, 3.63) is 82.9 Å². The Balaban J connectivity index is 1.61. The lowest BCUT2D eigenvalue weighted by atomic mass is 10.2. The Hall–Kier alpha value is -3.35. The van der Waals surface area contributed by atoms with Crippen molar-refractivity contribution in [2.24, 2.45) is 0 Å². The third-order valence-electron chi connectivity index (χ3n) is 5.74. The van der Waals surface area contributed by atoms with Gasteiger partial charge in [0.1, 0.15) is 4.90 Å². The number of carbonyl (C=O) groups excluding carboxylic acids is 1. The molecular weight excluding hydrogens is 561 g/mol. The Kier molecular flexibility index (Phi) is 8.14. The van der Waals surface area contributed by atoms with Crippen LogP contribution in [0, 0.1) is 0 Å². The number of amides is 1. The second kappa shape index (κ2) is 11.2. The molecule has 200 valence electrons. The van der Waals surface area contributed by atoms with Crippen LogP contribution in [0.5, 0.6) is 0 Å². The molecule has 0 bridgehead atoms. The Morgan fingerprint density at radius 1 is 0.947 bits per heavy atom. The number of carbonyl (C=O) groups is 1. The van der Waals surface area contributed by atoms with Gasteiger partial charge in [-0.25, -0.2) is 8.42 Å². The first-order valence-corrected chi connectivity index (χ1v) is 13.7. The van der Waals surface area contributed by atoms with E-state index in [-0.39, 0.29) is 32.0 Å². The standard InChI is InChI=1S/C25H22ClF3N4O3S2/c26-20-9-2-1-8-19(20)23(34)31-24(37)30-17-10-11-21(33-12-3-4-13-33)22(15-17)38(35,36)32-18-7-5-6-16(14-18)25(27,28)29/h1-2,5-11,14-15,32H,3-4,12-13H2,(H2,30,31,34,37).